The number of nitrogens with one attached hydrogen (secondary N) is 1. The Bertz CT molecular complexity index is 1570. The number of amides is 1. The van der Waals surface area contributed by atoms with E-state index in [2.05, 4.69) is 54.1 Å². The van der Waals surface area contributed by atoms with Crippen molar-refractivity contribution in [1.82, 2.24) is 20.3 Å². The highest BCUT2D eigenvalue weighted by Crippen LogP contribution is 2.38. The fourth-order valence-electron chi connectivity index (χ4n) is 4.41. The number of nitrogens with two attached hydrogens (primary N) is 1. The summed E-state index contributed by atoms with van der Waals surface area (Å²) in [6.45, 7) is 11.1. The van der Waals surface area contributed by atoms with Crippen LogP contribution in [-0.4, -0.2) is 61.3 Å². The summed E-state index contributed by atoms with van der Waals surface area (Å²) in [7, 11) is 1.16. The quantitative estimate of drug-likeness (QED) is 0.152. The first-order valence-electron chi connectivity index (χ1n) is 13.5. The van der Waals surface area contributed by atoms with Crippen LogP contribution in [0.25, 0.3) is 32.9 Å². The predicted octanol–water partition coefficient (Wildman–Crippen LogP) is 6.04. The maximum atomic E-state index is 11.5. The number of hydrogen-bond donors (Lipinski definition) is 3. The average Bonchev–Trinajstić information content (AvgIpc) is 2.92. The van der Waals surface area contributed by atoms with Gasteiger partial charge in [-0.1, -0.05) is 20.8 Å². The maximum absolute atomic E-state index is 11.5. The number of aromatic nitrogens is 3. The molecular formula is C30H39N5O5Si. The third kappa shape index (κ3) is 6.68. The molecule has 3 heterocycles. The zero-order valence-electron chi connectivity index (χ0n) is 24.7. The number of aryl methyl sites for hydroxylation is 1. The van der Waals surface area contributed by atoms with E-state index in [9.17, 15) is 9.90 Å². The number of pyridine rings is 3. The highest BCUT2D eigenvalue weighted by atomic mass is 28.4. The monoisotopic (exact) mass is 577 g/mol. The molecule has 0 radical (unpaired) electrons. The van der Waals surface area contributed by atoms with Gasteiger partial charge in [0.25, 0.3) is 0 Å². The van der Waals surface area contributed by atoms with E-state index in [4.69, 9.17) is 19.6 Å². The molecule has 0 bridgehead atoms. The van der Waals surface area contributed by atoms with Gasteiger partial charge in [-0.25, -0.2) is 9.78 Å². The van der Waals surface area contributed by atoms with Gasteiger partial charge in [-0.2, -0.15) is 0 Å². The van der Waals surface area contributed by atoms with E-state index in [0.717, 1.165) is 32.8 Å². The second-order valence-corrected chi connectivity index (χ2v) is 16.5. The van der Waals surface area contributed by atoms with Crippen LogP contribution in [0.15, 0.2) is 42.9 Å². The van der Waals surface area contributed by atoms with Crippen LogP contribution in [0, 0.1) is 0 Å². The van der Waals surface area contributed by atoms with Crippen molar-refractivity contribution < 1.29 is 23.8 Å². The van der Waals surface area contributed by atoms with E-state index in [1.807, 2.05) is 24.3 Å². The molecule has 0 aliphatic heterocycles. The predicted molar refractivity (Wildman–Crippen MR) is 164 cm³/mol. The molecular weight excluding hydrogens is 538 g/mol. The van der Waals surface area contributed by atoms with Gasteiger partial charge in [0.15, 0.2) is 19.8 Å². The van der Waals surface area contributed by atoms with Crippen LogP contribution in [-0.2, 0) is 10.8 Å². The van der Waals surface area contributed by atoms with E-state index in [1.54, 1.807) is 32.8 Å². The molecule has 0 aliphatic rings. The van der Waals surface area contributed by atoms with Crippen molar-refractivity contribution in [3.05, 3.63) is 48.4 Å². The summed E-state index contributed by atoms with van der Waals surface area (Å²) in [5.74, 6) is 1.55. The third-order valence-electron chi connectivity index (χ3n) is 7.86. The van der Waals surface area contributed by atoms with Crippen molar-refractivity contribution in [2.24, 2.45) is 0 Å². The van der Waals surface area contributed by atoms with Crippen molar-refractivity contribution in [1.29, 1.82) is 0 Å². The molecule has 1 atom stereocenters. The number of nitrogens with zero attached hydrogens (tertiary/aromatic N) is 3. The van der Waals surface area contributed by atoms with Gasteiger partial charge < -0.3 is 30.1 Å². The Balaban J connectivity index is 1.62. The van der Waals surface area contributed by atoms with Crippen molar-refractivity contribution in [2.45, 2.75) is 57.8 Å². The number of rotatable bonds is 10. The molecule has 0 spiro atoms. The van der Waals surface area contributed by atoms with Crippen molar-refractivity contribution >= 4 is 41.9 Å². The molecule has 0 saturated heterocycles. The fraction of sp³-hybridized carbons (Fsp3) is 0.400. The normalized spacial score (nSPS) is 12.9. The number of hydrogen-bond acceptors (Lipinski definition) is 8. The Kier molecular flexibility index (Phi) is 8.69. The first-order valence-corrected chi connectivity index (χ1v) is 16.4. The van der Waals surface area contributed by atoms with Gasteiger partial charge in [-0.05, 0) is 60.1 Å². The number of carbonyl (C=O) groups is 1. The van der Waals surface area contributed by atoms with Crippen LogP contribution in [0.1, 0.15) is 32.8 Å². The summed E-state index contributed by atoms with van der Waals surface area (Å²) < 4.78 is 17.3. The lowest BCUT2D eigenvalue weighted by Crippen LogP contribution is -2.46. The topological polar surface area (TPSA) is 142 Å². The molecule has 11 heteroatoms. The number of anilines is 1. The Hall–Kier alpha value is -3.96. The van der Waals surface area contributed by atoms with Gasteiger partial charge in [0.2, 0.25) is 0 Å². The minimum absolute atomic E-state index is 0.0340. The molecule has 0 saturated carbocycles. The molecule has 4 rings (SSSR count). The van der Waals surface area contributed by atoms with Gasteiger partial charge in [-0.15, -0.1) is 0 Å². The Morgan fingerprint density at radius 2 is 1.73 bits per heavy atom. The molecule has 1 amide bonds. The summed E-state index contributed by atoms with van der Waals surface area (Å²) >= 11 is 0. The average molecular weight is 578 g/mol. The minimum Gasteiger partial charge on any atom is -0.493 e. The second-order valence-electron chi connectivity index (χ2n) is 11.7. The number of fused-ring (bicyclic) bond motifs is 3. The van der Waals surface area contributed by atoms with E-state index in [1.165, 1.54) is 0 Å². The lowest BCUT2D eigenvalue weighted by molar-refractivity contribution is 0.176. The lowest BCUT2D eigenvalue weighted by Gasteiger charge is -2.37. The minimum atomic E-state index is -2.02. The number of benzene rings is 1. The largest absolute Gasteiger partial charge is 0.493 e. The zero-order valence-corrected chi connectivity index (χ0v) is 25.7. The van der Waals surface area contributed by atoms with Crippen LogP contribution in [0.3, 0.4) is 0 Å². The maximum Gasteiger partial charge on any atom is 0.404 e. The zero-order chi connectivity index (χ0) is 29.9. The van der Waals surface area contributed by atoms with E-state index in [0.29, 0.717) is 42.5 Å². The molecule has 10 nitrogen and oxygen atoms in total. The van der Waals surface area contributed by atoms with Crippen molar-refractivity contribution in [3.63, 3.8) is 0 Å². The molecule has 0 aliphatic carbocycles. The molecule has 4 aromatic rings. The lowest BCUT2D eigenvalue weighted by atomic mass is 10.0. The standard InChI is InChI=1S/C30H39N5O5Si/c1-30(2,3)41(6,7)40-17-20(34-29(36)37)9-8-18-10-19(15-32-14-18)24-11-21-22-12-26(38-4)27(39-5)13-25(22)33-16-23(21)28(31)35-24/h10-16,20,34H,8-9,17H2,1-7H3,(H2,31,35)(H,36,37)/t20-/m1/s1. The Morgan fingerprint density at radius 1 is 1.02 bits per heavy atom. The second kappa shape index (κ2) is 11.9. The summed E-state index contributed by atoms with van der Waals surface area (Å²) in [5, 5.41) is 14.6. The fourth-order valence-corrected chi connectivity index (χ4v) is 5.46. The SMILES string of the molecule is COc1cc2ncc3c(N)nc(-c4cncc(CC[C@H](CO[Si](C)(C)C(C)(C)C)NC(=O)O)c4)cc3c2cc1OC. The number of nitrogen functional groups attached to an aromatic ring is 1. The molecule has 3 aromatic heterocycles. The Labute approximate surface area is 241 Å². The molecule has 218 valence electrons. The van der Waals surface area contributed by atoms with Crippen LogP contribution < -0.4 is 20.5 Å². The summed E-state index contributed by atoms with van der Waals surface area (Å²) in [6, 6.07) is 7.38. The highest BCUT2D eigenvalue weighted by Gasteiger charge is 2.37. The molecule has 4 N–H and O–H groups in total. The molecule has 0 fully saturated rings. The van der Waals surface area contributed by atoms with Crippen LogP contribution >= 0.6 is 0 Å². The van der Waals surface area contributed by atoms with E-state index in [-0.39, 0.29) is 11.1 Å². The van der Waals surface area contributed by atoms with Gasteiger partial charge in [-0.3, -0.25) is 9.97 Å². The van der Waals surface area contributed by atoms with E-state index < -0.39 is 14.4 Å². The van der Waals surface area contributed by atoms with Crippen molar-refractivity contribution in [2.75, 3.05) is 26.6 Å². The number of ether oxygens (including phenoxy) is 2. The van der Waals surface area contributed by atoms with Gasteiger partial charge in [0, 0.05) is 41.0 Å². The van der Waals surface area contributed by atoms with Crippen LogP contribution in [0.5, 0.6) is 11.5 Å². The van der Waals surface area contributed by atoms with Gasteiger partial charge >= 0.3 is 6.09 Å². The van der Waals surface area contributed by atoms with Crippen LogP contribution in [0.4, 0.5) is 10.6 Å². The summed E-state index contributed by atoms with van der Waals surface area (Å²) in [4.78, 5) is 25.1. The van der Waals surface area contributed by atoms with Gasteiger partial charge in [0.1, 0.15) is 5.82 Å². The smallest absolute Gasteiger partial charge is 0.404 e. The highest BCUT2D eigenvalue weighted by molar-refractivity contribution is 6.74. The Morgan fingerprint density at radius 3 is 2.39 bits per heavy atom. The number of carboxylic acid groups (broad SMARTS) is 1. The first kappa shape index (κ1) is 30.0. The molecule has 0 unspecified atom stereocenters. The summed E-state index contributed by atoms with van der Waals surface area (Å²) in [6.07, 6.45) is 5.37. The van der Waals surface area contributed by atoms with Gasteiger partial charge in [0.05, 0.1) is 38.1 Å². The van der Waals surface area contributed by atoms with E-state index >= 15 is 0 Å². The third-order valence-corrected chi connectivity index (χ3v) is 12.4. The molecule has 41 heavy (non-hydrogen) atoms. The molecule has 1 aromatic carbocycles. The summed E-state index contributed by atoms with van der Waals surface area (Å²) in [5.41, 5.74) is 9.58. The number of methoxy groups -OCH3 is 2. The van der Waals surface area contributed by atoms with Crippen molar-refractivity contribution in [3.8, 4) is 22.8 Å². The first-order chi connectivity index (χ1) is 19.3. The van der Waals surface area contributed by atoms with Crippen LogP contribution in [0.2, 0.25) is 18.1 Å².